The second kappa shape index (κ2) is 44.5. The predicted molar refractivity (Wildman–Crippen MR) is 247 cm³/mol. The number of phosphoric acid groups is 1. The van der Waals surface area contributed by atoms with Gasteiger partial charge in [-0.15, -0.1) is 0 Å². The maximum absolute atomic E-state index is 12.6. The molecule has 0 aliphatic carbocycles. The van der Waals surface area contributed by atoms with Gasteiger partial charge in [0.05, 0.1) is 13.2 Å². The fourth-order valence-electron chi connectivity index (χ4n) is 5.63. The number of carbonyl (C=O) groups is 2. The van der Waals surface area contributed by atoms with Crippen molar-refractivity contribution in [3.8, 4) is 0 Å². The SMILES string of the molecule is CC/C=C/C/C=C/C/C=C/C/C=C/C/C=C/C/C=C/CCC(=O)OC[C@H](COP(=O)(O)OCCN)OC(=O)CCCCCCCCCCC/C=C/C/C=C/CCCCC. The highest BCUT2D eigenvalue weighted by Gasteiger charge is 2.25. The van der Waals surface area contributed by atoms with Gasteiger partial charge in [-0.25, -0.2) is 4.57 Å². The van der Waals surface area contributed by atoms with Crippen LogP contribution in [0.2, 0.25) is 0 Å². The molecule has 0 heterocycles. The van der Waals surface area contributed by atoms with E-state index in [1.165, 1.54) is 57.8 Å². The number of ether oxygens (including phenoxy) is 2. The van der Waals surface area contributed by atoms with Crippen molar-refractivity contribution in [3.63, 3.8) is 0 Å². The molecule has 59 heavy (non-hydrogen) atoms. The number of carbonyl (C=O) groups excluding carboxylic acids is 2. The Bertz CT molecular complexity index is 1280. The zero-order chi connectivity index (χ0) is 43.2. The minimum absolute atomic E-state index is 0.0380. The standard InChI is InChI=1S/C49H82NO8P/c1-3-5-7-9-11-13-15-17-19-21-23-25-27-29-31-33-35-37-39-41-48(51)55-45-47(46-57-59(53,54)56-44-43-50)58-49(52)42-40-38-36-34-32-30-28-26-24-22-20-18-16-14-12-10-8-6-4-2/h5,7,11-14,17-20,23,25,29,31,35,37,47H,3-4,6,8-10,15-16,21-22,24,26-28,30,32-34,36,38-46,50H2,1-2H3,(H,53,54)/b7-5+,13-11+,14-12+,19-17+,20-18+,25-23+,31-29+,37-35+/t47-/m1/s1. The van der Waals surface area contributed by atoms with E-state index in [1.807, 2.05) is 12.2 Å². The highest BCUT2D eigenvalue weighted by molar-refractivity contribution is 7.47. The van der Waals surface area contributed by atoms with Gasteiger partial charge < -0.3 is 20.1 Å². The van der Waals surface area contributed by atoms with Gasteiger partial charge in [0, 0.05) is 19.4 Å². The van der Waals surface area contributed by atoms with Crippen LogP contribution in [0.5, 0.6) is 0 Å². The third-order valence-electron chi connectivity index (χ3n) is 8.97. The molecular weight excluding hydrogens is 762 g/mol. The quantitative estimate of drug-likeness (QED) is 0.0267. The second-order valence-electron chi connectivity index (χ2n) is 14.5. The molecule has 2 atom stereocenters. The van der Waals surface area contributed by atoms with Crippen LogP contribution in [-0.2, 0) is 32.7 Å². The van der Waals surface area contributed by atoms with Gasteiger partial charge >= 0.3 is 19.8 Å². The lowest BCUT2D eigenvalue weighted by Crippen LogP contribution is -2.29. The zero-order valence-electron chi connectivity index (χ0n) is 36.9. The minimum atomic E-state index is -4.40. The van der Waals surface area contributed by atoms with Crippen molar-refractivity contribution in [1.29, 1.82) is 0 Å². The molecule has 0 aliphatic heterocycles. The van der Waals surface area contributed by atoms with Crippen LogP contribution in [0.3, 0.4) is 0 Å². The third kappa shape index (κ3) is 44.3. The third-order valence-corrected chi connectivity index (χ3v) is 9.95. The maximum atomic E-state index is 12.6. The molecule has 0 radical (unpaired) electrons. The minimum Gasteiger partial charge on any atom is -0.462 e. The molecule has 10 heteroatoms. The van der Waals surface area contributed by atoms with E-state index in [2.05, 4.69) is 98.9 Å². The summed E-state index contributed by atoms with van der Waals surface area (Å²) < 4.78 is 32.7. The van der Waals surface area contributed by atoms with E-state index in [0.29, 0.717) is 12.8 Å². The van der Waals surface area contributed by atoms with Crippen molar-refractivity contribution in [2.45, 2.75) is 174 Å². The van der Waals surface area contributed by atoms with Crippen LogP contribution in [0, 0.1) is 0 Å². The van der Waals surface area contributed by atoms with Gasteiger partial charge in [0.15, 0.2) is 6.10 Å². The summed E-state index contributed by atoms with van der Waals surface area (Å²) in [7, 11) is -4.40. The Hall–Kier alpha value is -3.07. The van der Waals surface area contributed by atoms with E-state index in [-0.39, 0.29) is 32.6 Å². The molecule has 0 aromatic heterocycles. The lowest BCUT2D eigenvalue weighted by Gasteiger charge is -2.19. The van der Waals surface area contributed by atoms with Gasteiger partial charge in [-0.1, -0.05) is 169 Å². The molecule has 0 aromatic rings. The Balaban J connectivity index is 4.27. The molecule has 1 unspecified atom stereocenters. The summed E-state index contributed by atoms with van der Waals surface area (Å²) >= 11 is 0. The van der Waals surface area contributed by atoms with Crippen molar-refractivity contribution in [2.24, 2.45) is 5.73 Å². The number of esters is 2. The molecule has 0 amide bonds. The molecule has 0 spiro atoms. The van der Waals surface area contributed by atoms with E-state index in [0.717, 1.165) is 70.6 Å². The topological polar surface area (TPSA) is 134 Å². The molecule has 336 valence electrons. The largest absolute Gasteiger partial charge is 0.472 e. The lowest BCUT2D eigenvalue weighted by atomic mass is 10.1. The maximum Gasteiger partial charge on any atom is 0.472 e. The van der Waals surface area contributed by atoms with Crippen molar-refractivity contribution in [3.05, 3.63) is 97.2 Å². The summed E-state index contributed by atoms with van der Waals surface area (Å²) in [5, 5.41) is 0. The van der Waals surface area contributed by atoms with E-state index in [4.69, 9.17) is 24.3 Å². The summed E-state index contributed by atoms with van der Waals surface area (Å²) in [5.74, 6) is -0.939. The fraction of sp³-hybridized carbons (Fsp3) is 0.633. The number of phosphoric ester groups is 1. The highest BCUT2D eigenvalue weighted by Crippen LogP contribution is 2.43. The normalized spacial score (nSPS) is 14.2. The molecule has 9 nitrogen and oxygen atoms in total. The molecule has 0 aromatic carbocycles. The first-order valence-corrected chi connectivity index (χ1v) is 24.2. The summed E-state index contributed by atoms with van der Waals surface area (Å²) in [6, 6.07) is 0. The summed E-state index contributed by atoms with van der Waals surface area (Å²) in [4.78, 5) is 34.9. The fourth-order valence-corrected chi connectivity index (χ4v) is 6.40. The Morgan fingerprint density at radius 1 is 0.525 bits per heavy atom. The van der Waals surface area contributed by atoms with Crippen LogP contribution < -0.4 is 5.73 Å². The van der Waals surface area contributed by atoms with E-state index < -0.39 is 32.5 Å². The van der Waals surface area contributed by atoms with Crippen molar-refractivity contribution < 1.29 is 37.6 Å². The van der Waals surface area contributed by atoms with Crippen LogP contribution in [0.1, 0.15) is 168 Å². The molecule has 0 rings (SSSR count). The van der Waals surface area contributed by atoms with E-state index in [9.17, 15) is 19.0 Å². The Morgan fingerprint density at radius 3 is 1.46 bits per heavy atom. The predicted octanol–water partition coefficient (Wildman–Crippen LogP) is 13.4. The van der Waals surface area contributed by atoms with Crippen molar-refractivity contribution >= 4 is 19.8 Å². The summed E-state index contributed by atoms with van der Waals surface area (Å²) in [6.07, 6.45) is 57.3. The molecule has 0 saturated carbocycles. The molecular formula is C49H82NO8P. The number of rotatable bonds is 41. The molecule has 3 N–H and O–H groups in total. The second-order valence-corrected chi connectivity index (χ2v) is 16.0. The number of hydrogen-bond acceptors (Lipinski definition) is 8. The molecule has 0 bridgehead atoms. The highest BCUT2D eigenvalue weighted by atomic mass is 31.2. The number of allylic oxidation sites excluding steroid dienone is 16. The van der Waals surface area contributed by atoms with Gasteiger partial charge in [0.2, 0.25) is 0 Å². The van der Waals surface area contributed by atoms with Crippen LogP contribution >= 0.6 is 7.82 Å². The average Bonchev–Trinajstić information content (AvgIpc) is 3.22. The Kier molecular flexibility index (Phi) is 42.2. The van der Waals surface area contributed by atoms with E-state index >= 15 is 0 Å². The number of nitrogens with two attached hydrogens (primary N) is 1. The smallest absolute Gasteiger partial charge is 0.462 e. The Labute approximate surface area is 359 Å². The van der Waals surface area contributed by atoms with Crippen molar-refractivity contribution in [2.75, 3.05) is 26.4 Å². The first-order chi connectivity index (χ1) is 28.8. The van der Waals surface area contributed by atoms with Crippen LogP contribution in [0.4, 0.5) is 0 Å². The van der Waals surface area contributed by atoms with Gasteiger partial charge in [-0.2, -0.15) is 0 Å². The molecule has 0 fully saturated rings. The number of hydrogen-bond donors (Lipinski definition) is 2. The van der Waals surface area contributed by atoms with Gasteiger partial charge in [-0.3, -0.25) is 18.6 Å². The van der Waals surface area contributed by atoms with Crippen LogP contribution in [0.15, 0.2) is 97.2 Å². The van der Waals surface area contributed by atoms with E-state index in [1.54, 1.807) is 0 Å². The zero-order valence-corrected chi connectivity index (χ0v) is 37.8. The summed E-state index contributed by atoms with van der Waals surface area (Å²) in [5.41, 5.74) is 5.35. The molecule has 0 saturated heterocycles. The molecule has 0 aliphatic rings. The monoisotopic (exact) mass is 844 g/mol. The first kappa shape index (κ1) is 55.9. The van der Waals surface area contributed by atoms with Crippen molar-refractivity contribution in [1.82, 2.24) is 0 Å². The Morgan fingerprint density at radius 2 is 0.966 bits per heavy atom. The lowest BCUT2D eigenvalue weighted by molar-refractivity contribution is -0.161. The first-order valence-electron chi connectivity index (χ1n) is 22.7. The average molecular weight is 844 g/mol. The van der Waals surface area contributed by atoms with Gasteiger partial charge in [0.1, 0.15) is 6.61 Å². The van der Waals surface area contributed by atoms with Gasteiger partial charge in [0.25, 0.3) is 0 Å². The van der Waals surface area contributed by atoms with Gasteiger partial charge in [-0.05, 0) is 83.5 Å². The van der Waals surface area contributed by atoms with Crippen LogP contribution in [0.25, 0.3) is 0 Å². The number of unbranched alkanes of at least 4 members (excludes halogenated alkanes) is 12. The summed E-state index contributed by atoms with van der Waals surface area (Å²) in [6.45, 7) is 3.49. The van der Waals surface area contributed by atoms with Crippen LogP contribution in [-0.4, -0.2) is 49.3 Å².